The molecule has 0 amide bonds. The Morgan fingerprint density at radius 2 is 1.27 bits per heavy atom. The molecule has 3 aromatic carbocycles. The van der Waals surface area contributed by atoms with Gasteiger partial charge in [0.2, 0.25) is 0 Å². The fourth-order valence-corrected chi connectivity index (χ4v) is 3.39. The van der Waals surface area contributed by atoms with Gasteiger partial charge in [0, 0.05) is 23.9 Å². The van der Waals surface area contributed by atoms with Crippen LogP contribution >= 0.6 is 0 Å². The van der Waals surface area contributed by atoms with Crippen molar-refractivity contribution in [1.29, 1.82) is 0 Å². The molecule has 0 saturated heterocycles. The highest BCUT2D eigenvalue weighted by Crippen LogP contribution is 2.44. The van der Waals surface area contributed by atoms with Crippen LogP contribution in [0.25, 0.3) is 0 Å². The molecule has 0 bridgehead atoms. The second kappa shape index (κ2) is 12.8. The van der Waals surface area contributed by atoms with Gasteiger partial charge >= 0.3 is 24.2 Å². The highest BCUT2D eigenvalue weighted by Gasteiger charge is 2.62. The van der Waals surface area contributed by atoms with Crippen LogP contribution in [0.4, 0.5) is 49.6 Å². The van der Waals surface area contributed by atoms with E-state index in [2.05, 4.69) is 0 Å². The third-order valence-electron chi connectivity index (χ3n) is 5.37. The number of hydrogen-bond donors (Lipinski definition) is 1. The lowest BCUT2D eigenvalue weighted by Crippen LogP contribution is -2.52. The van der Waals surface area contributed by atoms with Gasteiger partial charge in [-0.3, -0.25) is 0 Å². The molecule has 3 aromatic rings. The molecule has 0 heterocycles. The van der Waals surface area contributed by atoms with Crippen molar-refractivity contribution in [2.75, 3.05) is 11.4 Å². The van der Waals surface area contributed by atoms with Crippen LogP contribution in [-0.2, 0) is 12.5 Å². The number of ether oxygens (including phenoxy) is 1. The first-order valence-corrected chi connectivity index (χ1v) is 11.8. The van der Waals surface area contributed by atoms with E-state index in [-0.39, 0.29) is 17.0 Å². The number of hydrogen-bond acceptors (Lipinski definition) is 3. The molecule has 0 radical (unpaired) electrons. The molecule has 0 saturated carbocycles. The van der Waals surface area contributed by atoms with Gasteiger partial charge in [0.15, 0.2) is 0 Å². The Balaban J connectivity index is 0.00000274. The fourth-order valence-electron chi connectivity index (χ4n) is 3.39. The van der Waals surface area contributed by atoms with Crippen molar-refractivity contribution in [3.63, 3.8) is 0 Å². The summed E-state index contributed by atoms with van der Waals surface area (Å²) in [7, 11) is 0. The van der Waals surface area contributed by atoms with E-state index >= 15 is 0 Å². The number of rotatable bonds is 9. The molecule has 0 aliphatic carbocycles. The maximum atomic E-state index is 13.8. The SMILES string of the molecule is CC.OC(CN(Cc1cccc(C(F)(F)C(F)(F)F)c1)c1cccc(Oc2ccccc2)c1)C(F)(F)C(F)(F)F. The average molecular weight is 585 g/mol. The number of aliphatic hydroxyl groups is 1. The van der Waals surface area contributed by atoms with Crippen LogP contribution in [0, 0.1) is 0 Å². The summed E-state index contributed by atoms with van der Waals surface area (Å²) in [6.45, 7) is 1.93. The molecule has 0 aromatic heterocycles. The minimum absolute atomic E-state index is 0.0801. The Labute approximate surface area is 223 Å². The second-order valence-corrected chi connectivity index (χ2v) is 8.20. The minimum Gasteiger partial charge on any atom is -0.457 e. The second-order valence-electron chi connectivity index (χ2n) is 8.20. The van der Waals surface area contributed by atoms with Crippen LogP contribution in [0.1, 0.15) is 25.0 Å². The number of alkyl halides is 10. The lowest BCUT2D eigenvalue weighted by molar-refractivity contribution is -0.311. The van der Waals surface area contributed by atoms with Gasteiger partial charge in [-0.2, -0.15) is 43.9 Å². The van der Waals surface area contributed by atoms with Gasteiger partial charge in [-0.25, -0.2) is 0 Å². The third kappa shape index (κ3) is 7.80. The number of anilines is 1. The predicted molar refractivity (Wildman–Crippen MR) is 129 cm³/mol. The average Bonchev–Trinajstić information content (AvgIpc) is 2.89. The summed E-state index contributed by atoms with van der Waals surface area (Å²) in [5.41, 5.74) is -1.81. The Bertz CT molecular complexity index is 1210. The van der Waals surface area contributed by atoms with Crippen molar-refractivity contribution in [2.24, 2.45) is 0 Å². The van der Waals surface area contributed by atoms with E-state index in [9.17, 15) is 49.0 Å². The highest BCUT2D eigenvalue weighted by molar-refractivity contribution is 5.52. The smallest absolute Gasteiger partial charge is 0.457 e. The zero-order valence-electron chi connectivity index (χ0n) is 21.1. The maximum Gasteiger partial charge on any atom is 0.458 e. The maximum absolute atomic E-state index is 13.8. The van der Waals surface area contributed by atoms with Gasteiger partial charge in [0.25, 0.3) is 0 Å². The van der Waals surface area contributed by atoms with Crippen LogP contribution in [0.2, 0.25) is 0 Å². The summed E-state index contributed by atoms with van der Waals surface area (Å²) < 4.78 is 138. The Morgan fingerprint density at radius 1 is 0.700 bits per heavy atom. The number of aliphatic hydroxyl groups excluding tert-OH is 1. The number of halogens is 10. The highest BCUT2D eigenvalue weighted by atomic mass is 19.4. The monoisotopic (exact) mass is 585 g/mol. The molecule has 0 fully saturated rings. The van der Waals surface area contributed by atoms with Crippen LogP contribution in [0.3, 0.4) is 0 Å². The van der Waals surface area contributed by atoms with E-state index in [0.29, 0.717) is 17.9 Å². The molecular weight excluding hydrogens is 560 g/mol. The van der Waals surface area contributed by atoms with E-state index in [1.165, 1.54) is 24.3 Å². The van der Waals surface area contributed by atoms with Crippen molar-refractivity contribution < 1.29 is 53.7 Å². The topological polar surface area (TPSA) is 32.7 Å². The normalized spacial score (nSPS) is 13.2. The van der Waals surface area contributed by atoms with Crippen LogP contribution in [-0.4, -0.2) is 36.0 Å². The molecular formula is C27H25F10NO2. The van der Waals surface area contributed by atoms with E-state index in [4.69, 9.17) is 4.74 Å². The van der Waals surface area contributed by atoms with Crippen molar-refractivity contribution in [3.8, 4) is 11.5 Å². The molecule has 40 heavy (non-hydrogen) atoms. The quantitative estimate of drug-likeness (QED) is 0.255. The third-order valence-corrected chi connectivity index (χ3v) is 5.37. The molecule has 1 N–H and O–H groups in total. The zero-order valence-corrected chi connectivity index (χ0v) is 21.1. The van der Waals surface area contributed by atoms with Gasteiger partial charge in [0.1, 0.15) is 17.6 Å². The molecule has 1 atom stereocenters. The molecule has 1 unspecified atom stereocenters. The van der Waals surface area contributed by atoms with Crippen LogP contribution in [0.15, 0.2) is 78.9 Å². The summed E-state index contributed by atoms with van der Waals surface area (Å²) in [6.07, 6.45) is -15.3. The van der Waals surface area contributed by atoms with Crippen molar-refractivity contribution in [2.45, 2.75) is 50.7 Å². The fraction of sp³-hybridized carbons (Fsp3) is 0.333. The predicted octanol–water partition coefficient (Wildman–Crippen LogP) is 8.72. The molecule has 3 rings (SSSR count). The van der Waals surface area contributed by atoms with Crippen LogP contribution < -0.4 is 9.64 Å². The van der Waals surface area contributed by atoms with E-state index < -0.39 is 49.0 Å². The van der Waals surface area contributed by atoms with E-state index in [0.717, 1.165) is 17.0 Å². The van der Waals surface area contributed by atoms with Gasteiger partial charge in [0.05, 0.1) is 6.54 Å². The van der Waals surface area contributed by atoms with Crippen LogP contribution in [0.5, 0.6) is 11.5 Å². The Morgan fingerprint density at radius 3 is 1.85 bits per heavy atom. The molecule has 0 aliphatic rings. The standard InChI is InChI=1S/C25H19F10NO2.C2H6/c26-22(27,24(30,31)32)17-7-4-6-16(12-17)14-36(15-21(37)23(28,29)25(33,34)35)18-8-5-11-20(13-18)38-19-9-2-1-3-10-19;1-2/h1-13,21,37H,14-15H2;1-2H3. The lowest BCUT2D eigenvalue weighted by atomic mass is 10.0. The van der Waals surface area contributed by atoms with E-state index in [1.807, 2.05) is 13.8 Å². The van der Waals surface area contributed by atoms with Gasteiger partial charge < -0.3 is 14.7 Å². The molecule has 3 nitrogen and oxygen atoms in total. The first-order chi connectivity index (χ1) is 18.5. The largest absolute Gasteiger partial charge is 0.458 e. The van der Waals surface area contributed by atoms with Gasteiger partial charge in [-0.1, -0.05) is 56.3 Å². The van der Waals surface area contributed by atoms with Gasteiger partial charge in [-0.05, 0) is 35.9 Å². The minimum atomic E-state index is -6.11. The number of benzene rings is 3. The lowest BCUT2D eigenvalue weighted by Gasteiger charge is -2.32. The summed E-state index contributed by atoms with van der Waals surface area (Å²) in [4.78, 5) is 0.785. The summed E-state index contributed by atoms with van der Waals surface area (Å²) in [6, 6.07) is 16.3. The summed E-state index contributed by atoms with van der Waals surface area (Å²) >= 11 is 0. The van der Waals surface area contributed by atoms with Gasteiger partial charge in [-0.15, -0.1) is 0 Å². The first kappa shape index (κ1) is 32.7. The molecule has 13 heteroatoms. The van der Waals surface area contributed by atoms with E-state index in [1.54, 1.807) is 30.3 Å². The number of nitrogens with zero attached hydrogens (tertiary/aromatic N) is 1. The molecule has 0 spiro atoms. The molecule has 220 valence electrons. The summed E-state index contributed by atoms with van der Waals surface area (Å²) in [5, 5.41) is 9.81. The summed E-state index contributed by atoms with van der Waals surface area (Å²) in [5.74, 6) is -10.3. The number of para-hydroxylation sites is 1. The Kier molecular flexibility index (Phi) is 10.5. The van der Waals surface area contributed by atoms with Crippen molar-refractivity contribution in [1.82, 2.24) is 0 Å². The van der Waals surface area contributed by atoms with Crippen molar-refractivity contribution >= 4 is 5.69 Å². The zero-order chi connectivity index (χ0) is 30.4. The Hall–Kier alpha value is -3.48. The molecule has 0 aliphatic heterocycles. The van der Waals surface area contributed by atoms with Crippen molar-refractivity contribution in [3.05, 3.63) is 90.0 Å². The first-order valence-electron chi connectivity index (χ1n) is 11.8.